The zero-order valence-corrected chi connectivity index (χ0v) is 21.6. The Balaban J connectivity index is 0.000000460. The van der Waals surface area contributed by atoms with Gasteiger partial charge in [-0.2, -0.15) is 0 Å². The molecule has 0 amide bonds. The number of para-hydroxylation sites is 2. The van der Waals surface area contributed by atoms with Crippen LogP contribution in [0.25, 0.3) is 23.2 Å². The number of imidazole rings is 1. The monoisotopic (exact) mass is 574 g/mol. The molecule has 10 radical (unpaired) electrons. The fraction of sp³-hybridized carbons (Fsp3) is 0.107. The van der Waals surface area contributed by atoms with E-state index in [1.807, 2.05) is 32.1 Å². The zero-order chi connectivity index (χ0) is 20.8. The van der Waals surface area contributed by atoms with Crippen molar-refractivity contribution < 1.29 is 45.6 Å². The third-order valence-corrected chi connectivity index (χ3v) is 5.25. The quantitative estimate of drug-likeness (QED) is 0.257. The maximum absolute atomic E-state index is 2.39. The molecule has 0 N–H and O–H groups in total. The second-order valence-electron chi connectivity index (χ2n) is 7.49. The SMILES string of the molecule is Cc1cccc(/C=C/c2n(C[C]3[CH][CH][CH][CH]3)c3ccccc3[n+]2C)c1.[CH]1[CH][CH][CH][CH]1.[Fe+2].[I-]. The Morgan fingerprint density at radius 2 is 1.47 bits per heavy atom. The number of nitrogens with zero attached hydrogens (tertiary/aromatic N) is 2. The van der Waals surface area contributed by atoms with Crippen LogP contribution in [0.3, 0.4) is 0 Å². The Bertz CT molecular complexity index is 990. The van der Waals surface area contributed by atoms with Crippen LogP contribution in [0.5, 0.6) is 0 Å². The van der Waals surface area contributed by atoms with Crippen molar-refractivity contribution in [3.8, 4) is 0 Å². The minimum atomic E-state index is 0. The molecule has 1 heterocycles. The van der Waals surface area contributed by atoms with Crippen LogP contribution < -0.4 is 28.5 Å². The summed E-state index contributed by atoms with van der Waals surface area (Å²) in [6.45, 7) is 3.01. The maximum atomic E-state index is 2.39. The second kappa shape index (κ2) is 13.6. The molecule has 0 bridgehead atoms. The molecule has 2 nitrogen and oxygen atoms in total. The Hall–Kier alpha value is -1.10. The zero-order valence-electron chi connectivity index (χ0n) is 18.3. The van der Waals surface area contributed by atoms with Crippen molar-refractivity contribution in [2.75, 3.05) is 0 Å². The number of fused-ring (bicyclic) bond motifs is 1. The maximum Gasteiger partial charge on any atom is 2.00 e. The smallest absolute Gasteiger partial charge is 1.00 e. The van der Waals surface area contributed by atoms with Crippen LogP contribution in [0.2, 0.25) is 0 Å². The van der Waals surface area contributed by atoms with Gasteiger partial charge in [0, 0.05) is 12.0 Å². The largest absolute Gasteiger partial charge is 2.00 e. The van der Waals surface area contributed by atoms with Gasteiger partial charge in [0.15, 0.2) is 11.0 Å². The summed E-state index contributed by atoms with van der Waals surface area (Å²) in [5.41, 5.74) is 5.02. The molecule has 0 saturated heterocycles. The molecule has 2 aromatic carbocycles. The minimum absolute atomic E-state index is 0. The van der Waals surface area contributed by atoms with Crippen molar-refractivity contribution in [3.63, 3.8) is 0 Å². The van der Waals surface area contributed by atoms with Gasteiger partial charge >= 0.3 is 17.1 Å². The number of benzene rings is 2. The van der Waals surface area contributed by atoms with E-state index in [0.29, 0.717) is 0 Å². The van der Waals surface area contributed by atoms with Crippen LogP contribution in [0, 0.1) is 70.6 Å². The molecule has 162 valence electrons. The normalized spacial score (nSPS) is 15.9. The summed E-state index contributed by atoms with van der Waals surface area (Å²) in [6.07, 6.45) is 23.0. The van der Waals surface area contributed by atoms with E-state index in [0.717, 1.165) is 6.54 Å². The van der Waals surface area contributed by atoms with Crippen molar-refractivity contribution in [3.05, 3.63) is 129 Å². The number of halogens is 1. The molecule has 1 aromatic heterocycles. The number of hydrogen-bond donors (Lipinski definition) is 0. The van der Waals surface area contributed by atoms with Crippen LogP contribution in [-0.2, 0) is 30.7 Å². The molecule has 2 aliphatic rings. The van der Waals surface area contributed by atoms with Crippen LogP contribution in [0.1, 0.15) is 17.0 Å². The first-order valence-electron chi connectivity index (χ1n) is 10.3. The predicted octanol–water partition coefficient (Wildman–Crippen LogP) is 2.37. The summed E-state index contributed by atoms with van der Waals surface area (Å²) in [7, 11) is 2.14. The first kappa shape index (κ1) is 27.1. The summed E-state index contributed by atoms with van der Waals surface area (Å²) in [5.74, 6) is 2.52. The molecule has 3 aromatic rings. The predicted molar refractivity (Wildman–Crippen MR) is 125 cm³/mol. The van der Waals surface area contributed by atoms with Crippen LogP contribution in [0.15, 0.2) is 48.5 Å². The fourth-order valence-corrected chi connectivity index (χ4v) is 3.74. The first-order valence-corrected chi connectivity index (χ1v) is 10.3. The molecule has 2 saturated carbocycles. The van der Waals surface area contributed by atoms with Crippen LogP contribution in [0.4, 0.5) is 0 Å². The van der Waals surface area contributed by atoms with Crippen molar-refractivity contribution in [2.24, 2.45) is 7.05 Å². The van der Waals surface area contributed by atoms with Crippen LogP contribution >= 0.6 is 0 Å². The third kappa shape index (κ3) is 6.95. The van der Waals surface area contributed by atoms with E-state index in [1.54, 1.807) is 0 Å². The molecule has 0 unspecified atom stereocenters. The van der Waals surface area contributed by atoms with Gasteiger partial charge in [0.2, 0.25) is 0 Å². The molecule has 4 heteroatoms. The molecule has 2 fully saturated rings. The summed E-state index contributed by atoms with van der Waals surface area (Å²) < 4.78 is 4.65. The van der Waals surface area contributed by atoms with Gasteiger partial charge in [0.25, 0.3) is 5.82 Å². The van der Waals surface area contributed by atoms with Gasteiger partial charge in [-0.1, -0.05) is 42.0 Å². The van der Waals surface area contributed by atoms with E-state index in [1.165, 1.54) is 33.9 Å². The fourth-order valence-electron chi connectivity index (χ4n) is 3.74. The molecule has 5 rings (SSSR count). The van der Waals surface area contributed by atoms with E-state index in [2.05, 4.69) is 109 Å². The van der Waals surface area contributed by atoms with Crippen molar-refractivity contribution in [1.82, 2.24) is 4.57 Å². The van der Waals surface area contributed by atoms with Gasteiger partial charge in [0.05, 0.1) is 13.6 Å². The summed E-state index contributed by atoms with van der Waals surface area (Å²) in [5, 5.41) is 0. The average molecular weight is 574 g/mol. The second-order valence-corrected chi connectivity index (χ2v) is 7.49. The number of aromatic nitrogens is 2. The number of rotatable bonds is 4. The Morgan fingerprint density at radius 3 is 2.12 bits per heavy atom. The minimum Gasteiger partial charge on any atom is -1.00 e. The molecule has 0 aliphatic heterocycles. The molecule has 0 atom stereocenters. The van der Waals surface area contributed by atoms with E-state index < -0.39 is 0 Å². The topological polar surface area (TPSA) is 8.81 Å². The molecular formula is C28H27FeIN2+2. The van der Waals surface area contributed by atoms with Gasteiger partial charge in [0.1, 0.15) is 0 Å². The van der Waals surface area contributed by atoms with Gasteiger partial charge in [-0.25, -0.2) is 9.13 Å². The number of hydrogen-bond acceptors (Lipinski definition) is 0. The van der Waals surface area contributed by atoms with E-state index in [-0.39, 0.29) is 41.0 Å². The van der Waals surface area contributed by atoms with Gasteiger partial charge in [-0.3, -0.25) is 0 Å². The Morgan fingerprint density at radius 1 is 0.812 bits per heavy atom. The third-order valence-electron chi connectivity index (χ3n) is 5.25. The van der Waals surface area contributed by atoms with E-state index >= 15 is 0 Å². The summed E-state index contributed by atoms with van der Waals surface area (Å²) in [4.78, 5) is 0. The van der Waals surface area contributed by atoms with Crippen molar-refractivity contribution in [1.29, 1.82) is 0 Å². The number of aryl methyl sites for hydroxylation is 2. The molecule has 32 heavy (non-hydrogen) atoms. The molecular weight excluding hydrogens is 547 g/mol. The van der Waals surface area contributed by atoms with Crippen LogP contribution in [-0.4, -0.2) is 4.57 Å². The van der Waals surface area contributed by atoms with Crippen molar-refractivity contribution >= 4 is 23.2 Å². The molecule has 2 aliphatic carbocycles. The Kier molecular flexibility index (Phi) is 11.5. The molecule has 0 spiro atoms. The standard InChI is InChI=1S/C23H22N2.C5H5.Fe.HI/c1-18-8-7-11-19(16-18)14-15-23-24(2)21-12-5-6-13-22(21)25(23)17-20-9-3-4-10-20;1-2-4-5-3-1;;/h3-16H,17H2,1-2H3;1-5H;;1H/q+1;;+2;/p-1/b15-14+;;;. The van der Waals surface area contributed by atoms with Gasteiger partial charge in [-0.05, 0) is 88.5 Å². The average Bonchev–Trinajstić information content (AvgIpc) is 3.53. The Labute approximate surface area is 222 Å². The van der Waals surface area contributed by atoms with E-state index in [4.69, 9.17) is 0 Å². The summed E-state index contributed by atoms with van der Waals surface area (Å²) >= 11 is 0. The van der Waals surface area contributed by atoms with Gasteiger partial charge < -0.3 is 24.0 Å². The van der Waals surface area contributed by atoms with Gasteiger partial charge in [-0.15, -0.1) is 0 Å². The first-order chi connectivity index (χ1) is 14.7. The van der Waals surface area contributed by atoms with Crippen molar-refractivity contribution in [2.45, 2.75) is 13.5 Å². The van der Waals surface area contributed by atoms with E-state index in [9.17, 15) is 0 Å². The summed E-state index contributed by atoms with van der Waals surface area (Å²) in [6, 6.07) is 17.2.